The van der Waals surface area contributed by atoms with Crippen LogP contribution in [-0.2, 0) is 4.79 Å². The van der Waals surface area contributed by atoms with Gasteiger partial charge in [0.1, 0.15) is 0 Å². The van der Waals surface area contributed by atoms with Crippen molar-refractivity contribution in [2.45, 2.75) is 0 Å². The third-order valence-corrected chi connectivity index (χ3v) is 11.9. The smallest absolute Gasteiger partial charge is 0.227 e. The van der Waals surface area contributed by atoms with Gasteiger partial charge in [0.15, 0.2) is 0 Å². The van der Waals surface area contributed by atoms with Crippen LogP contribution in [0.4, 0.5) is 0 Å². The van der Waals surface area contributed by atoms with Gasteiger partial charge in [0.05, 0.1) is 17.6 Å². The Kier molecular flexibility index (Phi) is 4.95. The maximum Gasteiger partial charge on any atom is 0.227 e. The van der Waals surface area contributed by atoms with Crippen molar-refractivity contribution < 1.29 is 4.79 Å². The van der Waals surface area contributed by atoms with E-state index in [0.29, 0.717) is 0 Å². The molecule has 1 atom stereocenters. The minimum absolute atomic E-state index is 0.103. The van der Waals surface area contributed by atoms with Gasteiger partial charge in [-0.05, 0) is 24.8 Å². The summed E-state index contributed by atoms with van der Waals surface area (Å²) in [6.45, 7) is 0. The first-order valence-corrected chi connectivity index (χ1v) is 11.4. The van der Waals surface area contributed by atoms with Crippen molar-refractivity contribution in [1.29, 1.82) is 0 Å². The summed E-state index contributed by atoms with van der Waals surface area (Å²) < 4.78 is 3.99. The second-order valence-corrected chi connectivity index (χ2v) is 10.5. The number of carbonyl (C=O) groups is 1. The second-order valence-electron chi connectivity index (χ2n) is 2.75. The summed E-state index contributed by atoms with van der Waals surface area (Å²) in [7, 11) is 2.00. The average molecular weight is 327 g/mol. The fourth-order valence-corrected chi connectivity index (χ4v) is 11.8. The van der Waals surface area contributed by atoms with E-state index in [1.807, 2.05) is 17.0 Å². The topological polar surface area (TPSA) is 17.1 Å². The summed E-state index contributed by atoms with van der Waals surface area (Å²) in [5.41, 5.74) is 0. The van der Waals surface area contributed by atoms with Crippen molar-refractivity contribution in [3.63, 3.8) is 0 Å². The lowest BCUT2D eigenvalue weighted by atomic mass is 10.7. The molecule has 0 aromatic rings. The summed E-state index contributed by atoms with van der Waals surface area (Å²) in [5, 5.41) is 0.212. The molecular weight excluding hydrogens is 316 g/mol. The van der Waals surface area contributed by atoms with Gasteiger partial charge < -0.3 is 0 Å². The molecule has 0 N–H and O–H groups in total. The molecule has 0 saturated carbocycles. The Labute approximate surface area is 119 Å². The predicted molar refractivity (Wildman–Crippen MR) is 88.4 cm³/mol. The highest BCUT2D eigenvalue weighted by Gasteiger charge is 2.31. The summed E-state index contributed by atoms with van der Waals surface area (Å²) in [6.07, 6.45) is 8.26. The maximum atomic E-state index is 11.8. The lowest BCUT2D eigenvalue weighted by Gasteiger charge is -2.06. The first-order valence-electron chi connectivity index (χ1n) is 4.31. The number of hydrogen-bond donors (Lipinski definition) is 0. The van der Waals surface area contributed by atoms with E-state index in [0.717, 1.165) is 4.91 Å². The van der Waals surface area contributed by atoms with Gasteiger partial charge in [-0.1, -0.05) is 43.8 Å². The van der Waals surface area contributed by atoms with E-state index in [2.05, 4.69) is 18.6 Å². The van der Waals surface area contributed by atoms with Gasteiger partial charge >= 0.3 is 0 Å². The molecule has 0 amide bonds. The predicted octanol–water partition coefficient (Wildman–Crippen LogP) is 4.42. The van der Waals surface area contributed by atoms with E-state index >= 15 is 0 Å². The molecule has 2 heterocycles. The molecule has 2 aliphatic rings. The van der Waals surface area contributed by atoms with Gasteiger partial charge in [0, 0.05) is 0 Å². The average Bonchev–Trinajstić information content (AvgIpc) is 2.83. The van der Waals surface area contributed by atoms with Crippen molar-refractivity contribution in [2.24, 2.45) is 0 Å². The number of hydrogen-bond acceptors (Lipinski definition) is 6. The Morgan fingerprint density at radius 2 is 2.06 bits per heavy atom. The lowest BCUT2D eigenvalue weighted by Crippen LogP contribution is -1.93. The number of rotatable bonds is 3. The minimum atomic E-state index is 0.103. The van der Waals surface area contributed by atoms with Crippen molar-refractivity contribution >= 4 is 76.7 Å². The van der Waals surface area contributed by atoms with E-state index in [1.165, 1.54) is 24.4 Å². The summed E-state index contributed by atoms with van der Waals surface area (Å²) >= 11 is 6.50. The number of thioether (sulfide) groups is 4. The summed E-state index contributed by atoms with van der Waals surface area (Å²) in [4.78, 5) is 12.8. The van der Waals surface area contributed by atoms with Crippen LogP contribution in [0.25, 0.3) is 0 Å². The summed E-state index contributed by atoms with van der Waals surface area (Å²) in [6, 6.07) is 0. The molecule has 0 bridgehead atoms. The van der Waals surface area contributed by atoms with Crippen LogP contribution >= 0.6 is 67.4 Å². The first kappa shape index (κ1) is 13.5. The van der Waals surface area contributed by atoms with Gasteiger partial charge in [0.2, 0.25) is 5.12 Å². The van der Waals surface area contributed by atoms with Crippen LogP contribution in [0.5, 0.6) is 0 Å². The molecule has 88 valence electrons. The van der Waals surface area contributed by atoms with Crippen LogP contribution in [0, 0.1) is 0 Å². The van der Waals surface area contributed by atoms with Gasteiger partial charge in [-0.15, -0.1) is 23.5 Å². The molecule has 1 nitrogen and oxygen atoms in total. The fraction of sp³-hybridized carbons (Fsp3) is 0.333. The third-order valence-electron chi connectivity index (χ3n) is 1.90. The normalized spacial score (nSPS) is 23.8. The molecule has 2 rings (SSSR count). The van der Waals surface area contributed by atoms with Crippen LogP contribution in [-0.4, -0.2) is 28.1 Å². The Morgan fingerprint density at radius 3 is 2.62 bits per heavy atom. The molecule has 16 heavy (non-hydrogen) atoms. The Hall–Kier alpha value is 1.12. The molecule has 0 fully saturated rings. The van der Waals surface area contributed by atoms with E-state index in [9.17, 15) is 4.79 Å². The zero-order valence-electron chi connectivity index (χ0n) is 8.94. The van der Waals surface area contributed by atoms with Crippen LogP contribution in [0.2, 0.25) is 0 Å². The van der Waals surface area contributed by atoms with E-state index in [-0.39, 0.29) is 14.6 Å². The van der Waals surface area contributed by atoms with Gasteiger partial charge in [-0.25, -0.2) is 0 Å². The highest BCUT2D eigenvalue weighted by atomic mass is 33.1. The third kappa shape index (κ3) is 2.44. The standard InChI is InChI=1S/C9H10OS6/c1-11-5-4-6-14-7(8(10)12-2)9(13-3)16(6)15-5/h4H,1-3H3. The molecule has 7 heteroatoms. The molecular formula is C9H10OS6. The van der Waals surface area contributed by atoms with Gasteiger partial charge in [0.25, 0.3) is 0 Å². The second kappa shape index (κ2) is 5.84. The number of carbonyl (C=O) groups excluding carboxylic acids is 1. The molecule has 0 spiro atoms. The van der Waals surface area contributed by atoms with Crippen molar-refractivity contribution in [3.8, 4) is 0 Å². The van der Waals surface area contributed by atoms with Crippen LogP contribution in [0.1, 0.15) is 0 Å². The Bertz CT molecular complexity index is 433. The molecule has 2 aliphatic heterocycles. The van der Waals surface area contributed by atoms with Gasteiger partial charge in [-0.3, -0.25) is 4.79 Å². The van der Waals surface area contributed by atoms with Crippen molar-refractivity contribution in [3.05, 3.63) is 19.5 Å². The van der Waals surface area contributed by atoms with Crippen LogP contribution < -0.4 is 0 Å². The molecule has 0 aliphatic carbocycles. The SMILES string of the molecule is CSC(=O)C1=C(SC)S2=C(C=C(SC)S2)S1. The Morgan fingerprint density at radius 1 is 1.31 bits per heavy atom. The van der Waals surface area contributed by atoms with Gasteiger partial charge in [-0.2, -0.15) is 0 Å². The molecule has 0 aromatic carbocycles. The van der Waals surface area contributed by atoms with Crippen molar-refractivity contribution in [1.82, 2.24) is 0 Å². The minimum Gasteiger partial charge on any atom is -0.281 e. The van der Waals surface area contributed by atoms with Crippen LogP contribution in [0.3, 0.4) is 0 Å². The zero-order valence-corrected chi connectivity index (χ0v) is 13.8. The molecule has 0 radical (unpaired) electrons. The fourth-order valence-electron chi connectivity index (χ4n) is 1.20. The first-order chi connectivity index (χ1) is 7.71. The lowest BCUT2D eigenvalue weighted by molar-refractivity contribution is -0.107. The van der Waals surface area contributed by atoms with E-state index < -0.39 is 0 Å². The largest absolute Gasteiger partial charge is 0.281 e. The highest BCUT2D eigenvalue weighted by Crippen LogP contribution is 2.63. The molecule has 1 unspecified atom stereocenters. The quantitative estimate of drug-likeness (QED) is 0.560. The highest BCUT2D eigenvalue weighted by molar-refractivity contribution is 8.93. The summed E-state index contributed by atoms with van der Waals surface area (Å²) in [5.74, 6) is 0. The van der Waals surface area contributed by atoms with Crippen LogP contribution in [0.15, 0.2) is 19.5 Å². The zero-order chi connectivity index (χ0) is 11.7. The van der Waals surface area contributed by atoms with E-state index in [4.69, 9.17) is 0 Å². The molecule has 0 saturated heterocycles. The monoisotopic (exact) mass is 326 g/mol. The molecule has 0 aromatic heterocycles. The van der Waals surface area contributed by atoms with Crippen molar-refractivity contribution in [2.75, 3.05) is 18.8 Å². The van der Waals surface area contributed by atoms with E-state index in [1.54, 1.807) is 35.3 Å². The Balaban J connectivity index is 2.26. The maximum absolute atomic E-state index is 11.8.